The lowest BCUT2D eigenvalue weighted by Crippen LogP contribution is -2.48. The van der Waals surface area contributed by atoms with E-state index in [4.69, 9.17) is 0 Å². The van der Waals surface area contributed by atoms with Gasteiger partial charge in [0.25, 0.3) is 0 Å². The largest absolute Gasteiger partial charge is 0.354 e. The molecule has 1 aliphatic rings. The molecule has 20 heavy (non-hydrogen) atoms. The third kappa shape index (κ3) is 4.05. The summed E-state index contributed by atoms with van der Waals surface area (Å²) >= 11 is 0. The van der Waals surface area contributed by atoms with Crippen LogP contribution in [0.2, 0.25) is 0 Å². The molecule has 1 saturated heterocycles. The van der Waals surface area contributed by atoms with Crippen LogP contribution in [0.15, 0.2) is 24.3 Å². The van der Waals surface area contributed by atoms with Crippen molar-refractivity contribution in [1.82, 2.24) is 10.6 Å². The van der Waals surface area contributed by atoms with Crippen LogP contribution in [-0.4, -0.2) is 23.9 Å². The van der Waals surface area contributed by atoms with Gasteiger partial charge in [0, 0.05) is 19.4 Å². The molecule has 2 amide bonds. The third-order valence-electron chi connectivity index (χ3n) is 3.57. The molecule has 0 aromatic heterocycles. The van der Waals surface area contributed by atoms with Gasteiger partial charge >= 0.3 is 0 Å². The molecule has 0 radical (unpaired) electrons. The number of carbonyl (C=O) groups is 2. The Kier molecular flexibility index (Phi) is 4.37. The lowest BCUT2D eigenvalue weighted by atomic mass is 10.0. The van der Waals surface area contributed by atoms with Crippen molar-refractivity contribution in [3.63, 3.8) is 0 Å². The molecule has 1 atom stereocenters. The van der Waals surface area contributed by atoms with Gasteiger partial charge in [0.1, 0.15) is 5.82 Å². The van der Waals surface area contributed by atoms with Crippen molar-refractivity contribution in [1.29, 1.82) is 0 Å². The Bertz CT molecular complexity index is 501. The van der Waals surface area contributed by atoms with Crippen LogP contribution in [-0.2, 0) is 16.0 Å². The zero-order valence-electron chi connectivity index (χ0n) is 11.5. The first kappa shape index (κ1) is 14.5. The maximum Gasteiger partial charge on any atom is 0.220 e. The van der Waals surface area contributed by atoms with Crippen molar-refractivity contribution in [2.24, 2.45) is 0 Å². The molecule has 5 heteroatoms. The van der Waals surface area contributed by atoms with Crippen LogP contribution in [0.25, 0.3) is 0 Å². The van der Waals surface area contributed by atoms with Crippen molar-refractivity contribution in [2.45, 2.75) is 38.1 Å². The normalized spacial score (nSPS) is 21.6. The molecule has 2 rings (SSSR count). The van der Waals surface area contributed by atoms with Gasteiger partial charge in [-0.05, 0) is 37.5 Å². The van der Waals surface area contributed by atoms with E-state index in [1.54, 1.807) is 12.1 Å². The lowest BCUT2D eigenvalue weighted by molar-refractivity contribution is -0.122. The lowest BCUT2D eigenvalue weighted by Gasteiger charge is -2.24. The third-order valence-corrected chi connectivity index (χ3v) is 3.57. The molecule has 1 heterocycles. The summed E-state index contributed by atoms with van der Waals surface area (Å²) in [6, 6.07) is 6.15. The molecular formula is C15H19FN2O2. The average Bonchev–Trinajstić information content (AvgIpc) is 2.76. The molecule has 1 aromatic rings. The fraction of sp³-hybridized carbons (Fsp3) is 0.467. The molecule has 0 unspecified atom stereocenters. The van der Waals surface area contributed by atoms with Gasteiger partial charge in [-0.2, -0.15) is 0 Å². The molecule has 108 valence electrons. The van der Waals surface area contributed by atoms with Gasteiger partial charge in [0.2, 0.25) is 11.8 Å². The maximum absolute atomic E-state index is 12.7. The number of rotatable bonds is 5. The fourth-order valence-electron chi connectivity index (χ4n) is 2.27. The molecule has 0 spiro atoms. The first-order valence-electron chi connectivity index (χ1n) is 6.79. The van der Waals surface area contributed by atoms with Gasteiger partial charge in [0.15, 0.2) is 0 Å². The molecule has 2 N–H and O–H groups in total. The SMILES string of the molecule is C[C@]1(CNC(=O)CCc2ccc(F)cc2)CCC(=O)N1. The number of amides is 2. The monoisotopic (exact) mass is 278 g/mol. The number of halogens is 1. The van der Waals surface area contributed by atoms with Gasteiger partial charge < -0.3 is 10.6 Å². The molecule has 0 bridgehead atoms. The predicted molar refractivity (Wildman–Crippen MR) is 73.5 cm³/mol. The van der Waals surface area contributed by atoms with E-state index in [9.17, 15) is 14.0 Å². The summed E-state index contributed by atoms with van der Waals surface area (Å²) in [7, 11) is 0. The van der Waals surface area contributed by atoms with E-state index in [-0.39, 0.29) is 23.2 Å². The van der Waals surface area contributed by atoms with Gasteiger partial charge in [0.05, 0.1) is 5.54 Å². The van der Waals surface area contributed by atoms with Crippen LogP contribution in [0.1, 0.15) is 31.7 Å². The van der Waals surface area contributed by atoms with Crippen molar-refractivity contribution >= 4 is 11.8 Å². The van der Waals surface area contributed by atoms with Crippen molar-refractivity contribution in [2.75, 3.05) is 6.54 Å². The second kappa shape index (κ2) is 6.03. The topological polar surface area (TPSA) is 58.2 Å². The van der Waals surface area contributed by atoms with Crippen molar-refractivity contribution in [3.8, 4) is 0 Å². The fourth-order valence-corrected chi connectivity index (χ4v) is 2.27. The molecule has 1 fully saturated rings. The average molecular weight is 278 g/mol. The van der Waals surface area contributed by atoms with E-state index in [0.717, 1.165) is 12.0 Å². The minimum Gasteiger partial charge on any atom is -0.354 e. The van der Waals surface area contributed by atoms with Gasteiger partial charge in [-0.3, -0.25) is 9.59 Å². The number of carbonyl (C=O) groups excluding carboxylic acids is 2. The first-order chi connectivity index (χ1) is 9.47. The molecule has 0 saturated carbocycles. The number of nitrogens with one attached hydrogen (secondary N) is 2. The quantitative estimate of drug-likeness (QED) is 0.858. The Morgan fingerprint density at radius 3 is 2.70 bits per heavy atom. The highest BCUT2D eigenvalue weighted by molar-refractivity contribution is 5.80. The molecule has 4 nitrogen and oxygen atoms in total. The molecule has 1 aliphatic heterocycles. The van der Waals surface area contributed by atoms with Crippen LogP contribution in [0.3, 0.4) is 0 Å². The smallest absolute Gasteiger partial charge is 0.220 e. The van der Waals surface area contributed by atoms with Crippen LogP contribution in [0.4, 0.5) is 4.39 Å². The molecular weight excluding hydrogens is 259 g/mol. The Morgan fingerprint density at radius 1 is 1.40 bits per heavy atom. The maximum atomic E-state index is 12.7. The number of benzene rings is 1. The zero-order chi connectivity index (χ0) is 14.6. The second-order valence-electron chi connectivity index (χ2n) is 5.51. The van der Waals surface area contributed by atoms with E-state index in [1.165, 1.54) is 12.1 Å². The van der Waals surface area contributed by atoms with Crippen LogP contribution >= 0.6 is 0 Å². The summed E-state index contributed by atoms with van der Waals surface area (Å²) in [4.78, 5) is 23.0. The van der Waals surface area contributed by atoms with Gasteiger partial charge in [-0.15, -0.1) is 0 Å². The number of hydrogen-bond donors (Lipinski definition) is 2. The minimum absolute atomic E-state index is 0.0352. The second-order valence-corrected chi connectivity index (χ2v) is 5.51. The highest BCUT2D eigenvalue weighted by Crippen LogP contribution is 2.18. The Hall–Kier alpha value is -1.91. The molecule has 1 aromatic carbocycles. The molecule has 0 aliphatic carbocycles. The Morgan fingerprint density at radius 2 is 2.10 bits per heavy atom. The summed E-state index contributed by atoms with van der Waals surface area (Å²) in [5.41, 5.74) is 0.602. The summed E-state index contributed by atoms with van der Waals surface area (Å²) in [6.45, 7) is 2.37. The Balaban J connectivity index is 1.73. The summed E-state index contributed by atoms with van der Waals surface area (Å²) in [5.74, 6) is -0.298. The van der Waals surface area contributed by atoms with Gasteiger partial charge in [-0.1, -0.05) is 12.1 Å². The highest BCUT2D eigenvalue weighted by atomic mass is 19.1. The zero-order valence-corrected chi connectivity index (χ0v) is 11.5. The van der Waals surface area contributed by atoms with Crippen molar-refractivity contribution in [3.05, 3.63) is 35.6 Å². The van der Waals surface area contributed by atoms with E-state index in [0.29, 0.717) is 25.8 Å². The van der Waals surface area contributed by atoms with E-state index in [2.05, 4.69) is 10.6 Å². The highest BCUT2D eigenvalue weighted by Gasteiger charge is 2.32. The van der Waals surface area contributed by atoms with E-state index >= 15 is 0 Å². The van der Waals surface area contributed by atoms with Crippen LogP contribution < -0.4 is 10.6 Å². The summed E-state index contributed by atoms with van der Waals surface area (Å²) < 4.78 is 12.7. The standard InChI is InChI=1S/C15H19FN2O2/c1-15(9-8-14(20)18-15)10-17-13(19)7-4-11-2-5-12(16)6-3-11/h2-3,5-6H,4,7-10H2,1H3,(H,17,19)(H,18,20)/t15-/m1/s1. The van der Waals surface area contributed by atoms with Crippen molar-refractivity contribution < 1.29 is 14.0 Å². The number of aryl methyl sites for hydroxylation is 1. The Labute approximate surface area is 117 Å². The minimum atomic E-state index is -0.331. The van der Waals surface area contributed by atoms with Gasteiger partial charge in [-0.25, -0.2) is 4.39 Å². The van der Waals surface area contributed by atoms with E-state index in [1.807, 2.05) is 6.92 Å². The van der Waals surface area contributed by atoms with Crippen LogP contribution in [0.5, 0.6) is 0 Å². The summed E-state index contributed by atoms with van der Waals surface area (Å²) in [5, 5.41) is 5.71. The first-order valence-corrected chi connectivity index (χ1v) is 6.79. The van der Waals surface area contributed by atoms with E-state index < -0.39 is 0 Å². The number of hydrogen-bond acceptors (Lipinski definition) is 2. The van der Waals surface area contributed by atoms with Crippen LogP contribution in [0, 0.1) is 5.82 Å². The summed E-state index contributed by atoms with van der Waals surface area (Å²) in [6.07, 6.45) is 2.19. The predicted octanol–water partition coefficient (Wildman–Crippen LogP) is 1.54.